The zero-order chi connectivity index (χ0) is 14.5. The molecule has 2 N–H and O–H groups in total. The highest BCUT2D eigenvalue weighted by Crippen LogP contribution is 2.24. The average molecular weight is 276 g/mol. The lowest BCUT2D eigenvalue weighted by Crippen LogP contribution is -2.35. The molecule has 8 heteroatoms. The highest BCUT2D eigenvalue weighted by molar-refractivity contribution is 5.43. The van der Waals surface area contributed by atoms with Crippen LogP contribution in [-0.2, 0) is 6.54 Å². The van der Waals surface area contributed by atoms with Crippen LogP contribution in [0.25, 0.3) is 0 Å². The van der Waals surface area contributed by atoms with Crippen molar-refractivity contribution in [2.75, 3.05) is 20.3 Å². The number of methoxy groups -OCH3 is 1. The summed E-state index contributed by atoms with van der Waals surface area (Å²) in [4.78, 5) is 10.0. The molecule has 0 spiro atoms. The minimum Gasteiger partial charge on any atom is -0.496 e. The van der Waals surface area contributed by atoms with Gasteiger partial charge < -0.3 is 15.2 Å². The van der Waals surface area contributed by atoms with Crippen LogP contribution >= 0.6 is 0 Å². The molecule has 0 aromatic heterocycles. The Hall–Kier alpha value is -1.80. The molecule has 0 saturated carbocycles. The Morgan fingerprint density at radius 3 is 2.74 bits per heavy atom. The van der Waals surface area contributed by atoms with Gasteiger partial charge >= 0.3 is 0 Å². The van der Waals surface area contributed by atoms with Gasteiger partial charge in [0, 0.05) is 24.2 Å². The number of hydrogen-bond donors (Lipinski definition) is 2. The molecule has 0 aliphatic carbocycles. The van der Waals surface area contributed by atoms with Crippen molar-refractivity contribution in [2.45, 2.75) is 12.5 Å². The van der Waals surface area contributed by atoms with Gasteiger partial charge in [0.15, 0.2) is 0 Å². The van der Waals surface area contributed by atoms with E-state index in [0.717, 1.165) is 0 Å². The van der Waals surface area contributed by atoms with Crippen molar-refractivity contribution in [2.24, 2.45) is 0 Å². The van der Waals surface area contributed by atoms with Crippen LogP contribution in [0.1, 0.15) is 5.56 Å². The van der Waals surface area contributed by atoms with Gasteiger partial charge in [-0.25, -0.2) is 8.78 Å². The first-order valence-corrected chi connectivity index (χ1v) is 5.40. The summed E-state index contributed by atoms with van der Waals surface area (Å²) < 4.78 is 30.6. The fourth-order valence-corrected chi connectivity index (χ4v) is 1.45. The van der Waals surface area contributed by atoms with E-state index in [1.165, 1.54) is 25.3 Å². The van der Waals surface area contributed by atoms with Crippen molar-refractivity contribution in [3.05, 3.63) is 33.9 Å². The van der Waals surface area contributed by atoms with Crippen molar-refractivity contribution >= 4 is 5.69 Å². The van der Waals surface area contributed by atoms with E-state index in [1.54, 1.807) is 0 Å². The number of alkyl halides is 2. The lowest BCUT2D eigenvalue weighted by Gasteiger charge is -2.15. The number of ether oxygens (including phenoxy) is 1. The first-order chi connectivity index (χ1) is 8.89. The van der Waals surface area contributed by atoms with Crippen LogP contribution < -0.4 is 10.1 Å². The minimum absolute atomic E-state index is 0.0273. The zero-order valence-electron chi connectivity index (χ0n) is 10.2. The van der Waals surface area contributed by atoms with Gasteiger partial charge in [0.1, 0.15) is 12.4 Å². The van der Waals surface area contributed by atoms with Crippen LogP contribution in [0.5, 0.6) is 5.75 Å². The largest absolute Gasteiger partial charge is 0.496 e. The summed E-state index contributed by atoms with van der Waals surface area (Å²) in [6, 6.07) is 3.92. The maximum Gasteiger partial charge on any atom is 0.282 e. The predicted molar refractivity (Wildman–Crippen MR) is 63.4 cm³/mol. The number of aliphatic hydroxyl groups is 1. The first-order valence-electron chi connectivity index (χ1n) is 5.40. The van der Waals surface area contributed by atoms with Gasteiger partial charge in [0.2, 0.25) is 0 Å². The molecule has 0 atom stereocenters. The van der Waals surface area contributed by atoms with Gasteiger partial charge in [-0.2, -0.15) is 0 Å². The van der Waals surface area contributed by atoms with E-state index in [9.17, 15) is 18.9 Å². The fraction of sp³-hybridized carbons (Fsp3) is 0.455. The standard InChI is InChI=1S/C11H14F2N2O4/c1-19-10-3-2-9(15(17)18)4-8(10)5-14-6-11(12,13)7-16/h2-4,14,16H,5-7H2,1H3. The van der Waals surface area contributed by atoms with Crippen molar-refractivity contribution in [3.63, 3.8) is 0 Å². The van der Waals surface area contributed by atoms with E-state index in [2.05, 4.69) is 5.32 Å². The number of halogens is 2. The van der Waals surface area contributed by atoms with Crippen LogP contribution in [0.2, 0.25) is 0 Å². The molecular weight excluding hydrogens is 262 g/mol. The van der Waals surface area contributed by atoms with Crippen LogP contribution in [0.15, 0.2) is 18.2 Å². The minimum atomic E-state index is -3.23. The van der Waals surface area contributed by atoms with E-state index in [0.29, 0.717) is 11.3 Å². The SMILES string of the molecule is COc1ccc([N+](=O)[O-])cc1CNCC(F)(F)CO. The number of hydrogen-bond acceptors (Lipinski definition) is 5. The second kappa shape index (κ2) is 6.39. The summed E-state index contributed by atoms with van der Waals surface area (Å²) in [5.74, 6) is -2.86. The normalized spacial score (nSPS) is 11.4. The predicted octanol–water partition coefficient (Wildman–Crippen LogP) is 1.32. The molecule has 6 nitrogen and oxygen atoms in total. The maximum atomic E-state index is 12.8. The molecule has 0 radical (unpaired) electrons. The Kier molecular flexibility index (Phi) is 5.13. The zero-order valence-corrected chi connectivity index (χ0v) is 10.2. The van der Waals surface area contributed by atoms with Crippen LogP contribution in [0.4, 0.5) is 14.5 Å². The Labute approximate surface area is 108 Å². The topological polar surface area (TPSA) is 84.6 Å². The second-order valence-electron chi connectivity index (χ2n) is 3.87. The van der Waals surface area contributed by atoms with Crippen molar-refractivity contribution in [3.8, 4) is 5.75 Å². The highest BCUT2D eigenvalue weighted by atomic mass is 19.3. The Balaban J connectivity index is 2.75. The van der Waals surface area contributed by atoms with Gasteiger partial charge in [-0.3, -0.25) is 10.1 Å². The van der Waals surface area contributed by atoms with E-state index < -0.39 is 24.0 Å². The Morgan fingerprint density at radius 1 is 1.53 bits per heavy atom. The Morgan fingerprint density at radius 2 is 2.21 bits per heavy atom. The molecule has 0 amide bonds. The number of nitro groups is 1. The second-order valence-corrected chi connectivity index (χ2v) is 3.87. The van der Waals surface area contributed by atoms with Crippen LogP contribution in [-0.4, -0.2) is 36.2 Å². The number of nitrogens with one attached hydrogen (secondary N) is 1. The number of nitro benzene ring substituents is 1. The summed E-state index contributed by atoms with van der Waals surface area (Å²) in [6.45, 7) is -2.01. The summed E-state index contributed by atoms with van der Waals surface area (Å²) in [6.07, 6.45) is 0. The number of rotatable bonds is 7. The average Bonchev–Trinajstić information content (AvgIpc) is 2.38. The quantitative estimate of drug-likeness (QED) is 0.579. The number of aliphatic hydroxyl groups excluding tert-OH is 1. The molecule has 1 aromatic rings. The number of nitrogens with zero attached hydrogens (tertiary/aromatic N) is 1. The summed E-state index contributed by atoms with van der Waals surface area (Å²) in [5, 5.41) is 21.4. The van der Waals surface area contributed by atoms with Crippen LogP contribution in [0.3, 0.4) is 0 Å². The van der Waals surface area contributed by atoms with Gasteiger partial charge in [-0.15, -0.1) is 0 Å². The monoisotopic (exact) mass is 276 g/mol. The molecule has 19 heavy (non-hydrogen) atoms. The molecule has 1 rings (SSSR count). The van der Waals surface area contributed by atoms with Gasteiger partial charge in [0.05, 0.1) is 18.6 Å². The fourth-order valence-electron chi connectivity index (χ4n) is 1.45. The third-order valence-electron chi connectivity index (χ3n) is 2.41. The molecule has 1 aromatic carbocycles. The van der Waals surface area contributed by atoms with Gasteiger partial charge in [0.25, 0.3) is 11.6 Å². The third-order valence-corrected chi connectivity index (χ3v) is 2.41. The van der Waals surface area contributed by atoms with E-state index in [1.807, 2.05) is 0 Å². The summed E-state index contributed by atoms with van der Waals surface area (Å²) >= 11 is 0. The van der Waals surface area contributed by atoms with E-state index >= 15 is 0 Å². The molecule has 0 heterocycles. The number of non-ortho nitro benzene ring substituents is 1. The van der Waals surface area contributed by atoms with E-state index in [4.69, 9.17) is 9.84 Å². The molecule has 0 unspecified atom stereocenters. The van der Waals surface area contributed by atoms with E-state index in [-0.39, 0.29) is 12.2 Å². The number of benzene rings is 1. The molecule has 106 valence electrons. The van der Waals surface area contributed by atoms with Crippen LogP contribution in [0, 0.1) is 10.1 Å². The first kappa shape index (κ1) is 15.3. The molecule has 0 bridgehead atoms. The van der Waals surface area contributed by atoms with Crippen molar-refractivity contribution < 1.29 is 23.5 Å². The Bertz CT molecular complexity index is 454. The lowest BCUT2D eigenvalue weighted by atomic mass is 10.1. The lowest BCUT2D eigenvalue weighted by molar-refractivity contribution is -0.384. The highest BCUT2D eigenvalue weighted by Gasteiger charge is 2.27. The molecule has 0 saturated heterocycles. The molecule has 0 aliphatic heterocycles. The summed E-state index contributed by atoms with van der Waals surface area (Å²) in [5.41, 5.74) is 0.247. The molecule has 0 fully saturated rings. The van der Waals surface area contributed by atoms with Crippen molar-refractivity contribution in [1.29, 1.82) is 0 Å². The molecular formula is C11H14F2N2O4. The molecule has 0 aliphatic rings. The third kappa shape index (κ3) is 4.42. The van der Waals surface area contributed by atoms with Gasteiger partial charge in [-0.1, -0.05) is 0 Å². The van der Waals surface area contributed by atoms with Crippen molar-refractivity contribution in [1.82, 2.24) is 5.32 Å². The van der Waals surface area contributed by atoms with Gasteiger partial charge in [-0.05, 0) is 6.07 Å². The summed E-state index contributed by atoms with van der Waals surface area (Å²) in [7, 11) is 1.38. The smallest absolute Gasteiger partial charge is 0.282 e. The maximum absolute atomic E-state index is 12.8.